The van der Waals surface area contributed by atoms with E-state index in [0.29, 0.717) is 17.8 Å². The van der Waals surface area contributed by atoms with Gasteiger partial charge in [0.1, 0.15) is 0 Å². The minimum atomic E-state index is -1.01. The molecule has 0 unspecified atom stereocenters. The summed E-state index contributed by atoms with van der Waals surface area (Å²) in [7, 11) is 0. The zero-order valence-corrected chi connectivity index (χ0v) is 10.1. The highest BCUT2D eigenvalue weighted by Crippen LogP contribution is 2.11. The van der Waals surface area contributed by atoms with Crippen molar-refractivity contribution in [2.45, 2.75) is 13.3 Å². The number of carboxylic acids is 1. The Morgan fingerprint density at radius 3 is 2.83 bits per heavy atom. The summed E-state index contributed by atoms with van der Waals surface area (Å²) in [5.74, 6) is -1.01. The lowest BCUT2D eigenvalue weighted by molar-refractivity contribution is -0.131. The molecule has 5 heteroatoms. The van der Waals surface area contributed by atoms with E-state index in [4.69, 9.17) is 5.11 Å². The second-order valence-electron chi connectivity index (χ2n) is 3.68. The van der Waals surface area contributed by atoms with Crippen molar-refractivity contribution < 1.29 is 14.7 Å². The number of nitrogens with one attached hydrogen (secondary N) is 2. The van der Waals surface area contributed by atoms with Crippen LogP contribution in [0.2, 0.25) is 0 Å². The molecule has 2 amide bonds. The average molecular weight is 248 g/mol. The van der Waals surface area contributed by atoms with E-state index < -0.39 is 5.97 Å². The van der Waals surface area contributed by atoms with Crippen LogP contribution in [0.5, 0.6) is 0 Å². The zero-order chi connectivity index (χ0) is 13.4. The monoisotopic (exact) mass is 248 g/mol. The van der Waals surface area contributed by atoms with E-state index in [1.165, 1.54) is 6.08 Å². The van der Waals surface area contributed by atoms with Crippen molar-refractivity contribution in [3.8, 4) is 0 Å². The average Bonchev–Trinajstić information content (AvgIpc) is 2.34. The largest absolute Gasteiger partial charge is 0.478 e. The maximum atomic E-state index is 11.4. The summed E-state index contributed by atoms with van der Waals surface area (Å²) in [4.78, 5) is 21.8. The summed E-state index contributed by atoms with van der Waals surface area (Å²) in [6.07, 6.45) is 3.39. The molecule has 0 atom stereocenters. The second-order valence-corrected chi connectivity index (χ2v) is 3.68. The fraction of sp³-hybridized carbons (Fsp3) is 0.231. The van der Waals surface area contributed by atoms with Gasteiger partial charge in [-0.15, -0.1) is 0 Å². The highest BCUT2D eigenvalue weighted by molar-refractivity contribution is 5.90. The third-order valence-electron chi connectivity index (χ3n) is 2.10. The Morgan fingerprint density at radius 1 is 1.39 bits per heavy atom. The summed E-state index contributed by atoms with van der Waals surface area (Å²) in [5.41, 5.74) is 1.34. The molecule has 0 heterocycles. The lowest BCUT2D eigenvalue weighted by Crippen LogP contribution is -2.29. The molecule has 0 saturated heterocycles. The molecule has 0 radical (unpaired) electrons. The first-order valence-electron chi connectivity index (χ1n) is 5.67. The van der Waals surface area contributed by atoms with Crippen molar-refractivity contribution in [1.82, 2.24) is 5.32 Å². The number of aliphatic carboxylic acids is 1. The molecule has 0 aliphatic rings. The van der Waals surface area contributed by atoms with Crippen molar-refractivity contribution in [3.63, 3.8) is 0 Å². The van der Waals surface area contributed by atoms with Gasteiger partial charge in [0, 0.05) is 18.3 Å². The van der Waals surface area contributed by atoms with E-state index in [1.807, 2.05) is 6.92 Å². The Bertz CT molecular complexity index is 455. The number of amides is 2. The smallest absolute Gasteiger partial charge is 0.328 e. The van der Waals surface area contributed by atoms with E-state index >= 15 is 0 Å². The fourth-order valence-corrected chi connectivity index (χ4v) is 1.30. The van der Waals surface area contributed by atoms with Crippen molar-refractivity contribution in [2.24, 2.45) is 0 Å². The first kappa shape index (κ1) is 13.8. The molecule has 1 aromatic carbocycles. The summed E-state index contributed by atoms with van der Waals surface area (Å²) in [6.45, 7) is 2.59. The molecule has 5 nitrogen and oxygen atoms in total. The van der Waals surface area contributed by atoms with E-state index in [0.717, 1.165) is 12.5 Å². The number of carbonyl (C=O) groups is 2. The topological polar surface area (TPSA) is 78.4 Å². The maximum absolute atomic E-state index is 11.4. The van der Waals surface area contributed by atoms with Gasteiger partial charge in [0.2, 0.25) is 0 Å². The Labute approximate surface area is 106 Å². The highest BCUT2D eigenvalue weighted by atomic mass is 16.4. The summed E-state index contributed by atoms with van der Waals surface area (Å²) < 4.78 is 0. The van der Waals surface area contributed by atoms with Gasteiger partial charge in [-0.2, -0.15) is 0 Å². The van der Waals surface area contributed by atoms with Crippen LogP contribution in [0.3, 0.4) is 0 Å². The minimum Gasteiger partial charge on any atom is -0.478 e. The number of benzene rings is 1. The molecule has 18 heavy (non-hydrogen) atoms. The molecule has 0 aliphatic carbocycles. The quantitative estimate of drug-likeness (QED) is 0.700. The number of hydrogen-bond acceptors (Lipinski definition) is 2. The molecular weight excluding hydrogens is 232 g/mol. The fourth-order valence-electron chi connectivity index (χ4n) is 1.30. The van der Waals surface area contributed by atoms with Gasteiger partial charge in [0.25, 0.3) is 0 Å². The first-order valence-corrected chi connectivity index (χ1v) is 5.67. The second kappa shape index (κ2) is 7.11. The lowest BCUT2D eigenvalue weighted by Gasteiger charge is -2.07. The van der Waals surface area contributed by atoms with Crippen LogP contribution in [0.15, 0.2) is 30.3 Å². The van der Waals surface area contributed by atoms with Crippen molar-refractivity contribution in [2.75, 3.05) is 11.9 Å². The molecule has 0 spiro atoms. The Kier molecular flexibility index (Phi) is 5.44. The minimum absolute atomic E-state index is 0.267. The lowest BCUT2D eigenvalue weighted by atomic mass is 10.2. The Balaban J connectivity index is 2.64. The molecule has 96 valence electrons. The molecule has 0 fully saturated rings. The number of rotatable bonds is 5. The third-order valence-corrected chi connectivity index (χ3v) is 2.10. The Morgan fingerprint density at radius 2 is 2.17 bits per heavy atom. The van der Waals surface area contributed by atoms with E-state index in [-0.39, 0.29) is 6.03 Å². The number of carbonyl (C=O) groups excluding carboxylic acids is 1. The van der Waals surface area contributed by atoms with Crippen LogP contribution in [0.4, 0.5) is 10.5 Å². The highest BCUT2D eigenvalue weighted by Gasteiger charge is 2.00. The molecule has 1 aromatic rings. The number of urea groups is 1. The van der Waals surface area contributed by atoms with Crippen LogP contribution in [0.1, 0.15) is 18.9 Å². The van der Waals surface area contributed by atoms with Gasteiger partial charge < -0.3 is 15.7 Å². The molecule has 0 aliphatic heterocycles. The van der Waals surface area contributed by atoms with Gasteiger partial charge in [-0.25, -0.2) is 9.59 Å². The maximum Gasteiger partial charge on any atom is 0.328 e. The van der Waals surface area contributed by atoms with Gasteiger partial charge in [-0.05, 0) is 30.2 Å². The van der Waals surface area contributed by atoms with Gasteiger partial charge in [0.05, 0.1) is 0 Å². The predicted octanol–water partition coefficient (Wildman–Crippen LogP) is 2.32. The van der Waals surface area contributed by atoms with E-state index in [2.05, 4.69) is 10.6 Å². The van der Waals surface area contributed by atoms with Gasteiger partial charge in [-0.3, -0.25) is 0 Å². The van der Waals surface area contributed by atoms with Crippen molar-refractivity contribution >= 4 is 23.8 Å². The standard InChI is InChI=1S/C13H16N2O3/c1-2-8-14-13(18)15-11-5-3-4-10(9-11)6-7-12(16)17/h3-7,9H,2,8H2,1H3,(H,16,17)(H2,14,15,18). The number of hydrogen-bond donors (Lipinski definition) is 3. The van der Waals surface area contributed by atoms with E-state index in [9.17, 15) is 9.59 Å². The molecular formula is C13H16N2O3. The van der Waals surface area contributed by atoms with Crippen LogP contribution < -0.4 is 10.6 Å². The molecule has 0 bridgehead atoms. The first-order chi connectivity index (χ1) is 8.61. The van der Waals surface area contributed by atoms with Crippen LogP contribution in [-0.4, -0.2) is 23.7 Å². The molecule has 1 rings (SSSR count). The van der Waals surface area contributed by atoms with E-state index in [1.54, 1.807) is 24.3 Å². The van der Waals surface area contributed by atoms with Gasteiger partial charge >= 0.3 is 12.0 Å². The van der Waals surface area contributed by atoms with Crippen molar-refractivity contribution in [1.29, 1.82) is 0 Å². The van der Waals surface area contributed by atoms with Gasteiger partial charge in [-0.1, -0.05) is 19.1 Å². The van der Waals surface area contributed by atoms with Crippen LogP contribution in [-0.2, 0) is 4.79 Å². The number of anilines is 1. The molecule has 3 N–H and O–H groups in total. The summed E-state index contributed by atoms with van der Waals surface area (Å²) in [6, 6.07) is 6.68. The van der Waals surface area contributed by atoms with Crippen molar-refractivity contribution in [3.05, 3.63) is 35.9 Å². The van der Waals surface area contributed by atoms with Crippen LogP contribution in [0, 0.1) is 0 Å². The normalized spacial score (nSPS) is 10.3. The Hall–Kier alpha value is -2.30. The SMILES string of the molecule is CCCNC(=O)Nc1cccc(C=CC(=O)O)c1. The van der Waals surface area contributed by atoms with Crippen LogP contribution >= 0.6 is 0 Å². The van der Waals surface area contributed by atoms with Gasteiger partial charge in [0.15, 0.2) is 0 Å². The predicted molar refractivity (Wildman–Crippen MR) is 70.4 cm³/mol. The molecule has 0 aromatic heterocycles. The summed E-state index contributed by atoms with van der Waals surface area (Å²) in [5, 5.41) is 13.9. The van der Waals surface area contributed by atoms with Crippen LogP contribution in [0.25, 0.3) is 6.08 Å². The zero-order valence-electron chi connectivity index (χ0n) is 10.1. The molecule has 0 saturated carbocycles. The third kappa shape index (κ3) is 5.16. The summed E-state index contributed by atoms with van der Waals surface area (Å²) >= 11 is 0. The number of carboxylic acid groups (broad SMARTS) is 1.